The monoisotopic (exact) mass is 253 g/mol. The summed E-state index contributed by atoms with van der Waals surface area (Å²) in [5.41, 5.74) is 1.33. The summed E-state index contributed by atoms with van der Waals surface area (Å²) in [5.74, 6) is -1.87. The molecule has 98 valence electrons. The number of nitrogens with zero attached hydrogens (tertiary/aromatic N) is 2. The zero-order chi connectivity index (χ0) is 13.7. The quantitative estimate of drug-likeness (QED) is 0.653. The van der Waals surface area contributed by atoms with Gasteiger partial charge in [0, 0.05) is 0 Å². The molecule has 0 unspecified atom stereocenters. The summed E-state index contributed by atoms with van der Waals surface area (Å²) in [6.45, 7) is 2.83. The standard InChI is InChI=1S/C11H15N3O4/c1-3-8-7(4-6(2)13-14-8)10(16)12-9(5-15)11(17)18/h4,9,15H,3,5H2,1-2H3,(H,12,16)(H,17,18)/t9-/m1/s1. The van der Waals surface area contributed by atoms with Gasteiger partial charge in [-0.3, -0.25) is 4.79 Å². The second-order valence-corrected chi connectivity index (χ2v) is 3.75. The molecule has 0 saturated heterocycles. The van der Waals surface area contributed by atoms with Crippen molar-refractivity contribution >= 4 is 11.9 Å². The summed E-state index contributed by atoms with van der Waals surface area (Å²) >= 11 is 0. The number of amides is 1. The van der Waals surface area contributed by atoms with Gasteiger partial charge < -0.3 is 15.5 Å². The van der Waals surface area contributed by atoms with Crippen LogP contribution in [0.4, 0.5) is 0 Å². The van der Waals surface area contributed by atoms with Gasteiger partial charge in [0.05, 0.1) is 23.6 Å². The van der Waals surface area contributed by atoms with E-state index in [1.165, 1.54) is 6.07 Å². The van der Waals surface area contributed by atoms with Gasteiger partial charge in [-0.25, -0.2) is 4.79 Å². The van der Waals surface area contributed by atoms with Crippen LogP contribution in [0.2, 0.25) is 0 Å². The van der Waals surface area contributed by atoms with Gasteiger partial charge >= 0.3 is 5.97 Å². The maximum absolute atomic E-state index is 11.9. The first-order valence-corrected chi connectivity index (χ1v) is 5.47. The molecule has 0 bridgehead atoms. The zero-order valence-electron chi connectivity index (χ0n) is 10.2. The van der Waals surface area contributed by atoms with Gasteiger partial charge in [-0.15, -0.1) is 0 Å². The van der Waals surface area contributed by atoms with Crippen molar-refractivity contribution in [3.8, 4) is 0 Å². The van der Waals surface area contributed by atoms with Crippen molar-refractivity contribution in [3.05, 3.63) is 23.0 Å². The van der Waals surface area contributed by atoms with Gasteiger partial charge in [-0.2, -0.15) is 10.2 Å². The Balaban J connectivity index is 2.96. The lowest BCUT2D eigenvalue weighted by Crippen LogP contribution is -2.43. The highest BCUT2D eigenvalue weighted by Crippen LogP contribution is 2.07. The minimum Gasteiger partial charge on any atom is -0.480 e. The van der Waals surface area contributed by atoms with Crippen LogP contribution in [0.1, 0.15) is 28.7 Å². The number of carboxylic acids is 1. The van der Waals surface area contributed by atoms with Crippen LogP contribution in [-0.2, 0) is 11.2 Å². The molecule has 18 heavy (non-hydrogen) atoms. The van der Waals surface area contributed by atoms with E-state index in [-0.39, 0.29) is 5.56 Å². The third-order valence-corrected chi connectivity index (χ3v) is 2.36. The number of rotatable bonds is 5. The van der Waals surface area contributed by atoms with Gasteiger partial charge in [-0.05, 0) is 19.4 Å². The average molecular weight is 253 g/mol. The Morgan fingerprint density at radius 1 is 1.44 bits per heavy atom. The fraction of sp³-hybridized carbons (Fsp3) is 0.455. The van der Waals surface area contributed by atoms with Crippen LogP contribution >= 0.6 is 0 Å². The smallest absolute Gasteiger partial charge is 0.328 e. The zero-order valence-corrected chi connectivity index (χ0v) is 10.2. The fourth-order valence-electron chi connectivity index (χ4n) is 1.39. The van der Waals surface area contributed by atoms with Gasteiger partial charge in [0.25, 0.3) is 5.91 Å². The number of carboxylic acid groups (broad SMARTS) is 1. The second kappa shape index (κ2) is 6.06. The van der Waals surface area contributed by atoms with E-state index in [2.05, 4.69) is 15.5 Å². The predicted molar refractivity (Wildman–Crippen MR) is 62.1 cm³/mol. The van der Waals surface area contributed by atoms with E-state index in [0.29, 0.717) is 17.8 Å². The van der Waals surface area contributed by atoms with E-state index in [9.17, 15) is 9.59 Å². The normalized spacial score (nSPS) is 11.9. The van der Waals surface area contributed by atoms with E-state index in [0.717, 1.165) is 0 Å². The van der Waals surface area contributed by atoms with Crippen LogP contribution in [0, 0.1) is 6.92 Å². The van der Waals surface area contributed by atoms with Crippen molar-refractivity contribution in [1.82, 2.24) is 15.5 Å². The maximum atomic E-state index is 11.9. The first-order chi connectivity index (χ1) is 8.49. The Bertz CT molecular complexity index is 462. The highest BCUT2D eigenvalue weighted by molar-refractivity contribution is 5.97. The second-order valence-electron chi connectivity index (χ2n) is 3.75. The largest absolute Gasteiger partial charge is 0.480 e. The molecule has 1 aromatic heterocycles. The highest BCUT2D eigenvalue weighted by Gasteiger charge is 2.21. The number of carbonyl (C=O) groups is 2. The Kier molecular flexibility index (Phi) is 4.73. The van der Waals surface area contributed by atoms with Crippen molar-refractivity contribution in [1.29, 1.82) is 0 Å². The number of aryl methyl sites for hydroxylation is 2. The van der Waals surface area contributed by atoms with Crippen molar-refractivity contribution in [2.75, 3.05) is 6.61 Å². The van der Waals surface area contributed by atoms with Gasteiger partial charge in [-0.1, -0.05) is 6.92 Å². The van der Waals surface area contributed by atoms with Crippen molar-refractivity contribution in [2.45, 2.75) is 26.3 Å². The molecule has 3 N–H and O–H groups in total. The predicted octanol–water partition coefficient (Wildman–Crippen LogP) is -0.477. The number of carbonyl (C=O) groups excluding carboxylic acids is 1. The molecule has 0 fully saturated rings. The van der Waals surface area contributed by atoms with E-state index in [4.69, 9.17) is 10.2 Å². The van der Waals surface area contributed by atoms with E-state index in [1.54, 1.807) is 6.92 Å². The van der Waals surface area contributed by atoms with Gasteiger partial charge in [0.15, 0.2) is 6.04 Å². The number of hydrogen-bond acceptors (Lipinski definition) is 5. The number of aliphatic carboxylic acids is 1. The van der Waals surface area contributed by atoms with Crippen LogP contribution in [-0.4, -0.2) is 44.9 Å². The number of nitrogens with one attached hydrogen (secondary N) is 1. The lowest BCUT2D eigenvalue weighted by molar-refractivity contribution is -0.140. The third kappa shape index (κ3) is 3.24. The molecule has 1 rings (SSSR count). The summed E-state index contributed by atoms with van der Waals surface area (Å²) in [7, 11) is 0. The molecule has 1 aromatic rings. The van der Waals surface area contributed by atoms with E-state index in [1.807, 2.05) is 6.92 Å². The van der Waals surface area contributed by atoms with Crippen molar-refractivity contribution in [3.63, 3.8) is 0 Å². The number of hydrogen-bond donors (Lipinski definition) is 3. The first kappa shape index (κ1) is 14.0. The molecule has 1 heterocycles. The van der Waals surface area contributed by atoms with Gasteiger partial charge in [0.1, 0.15) is 0 Å². The lowest BCUT2D eigenvalue weighted by atomic mass is 10.1. The molecule has 0 aromatic carbocycles. The first-order valence-electron chi connectivity index (χ1n) is 5.47. The van der Waals surface area contributed by atoms with Crippen molar-refractivity contribution < 1.29 is 19.8 Å². The Hall–Kier alpha value is -2.02. The summed E-state index contributed by atoms with van der Waals surface area (Å²) < 4.78 is 0. The lowest BCUT2D eigenvalue weighted by Gasteiger charge is -2.13. The van der Waals surface area contributed by atoms with E-state index >= 15 is 0 Å². The highest BCUT2D eigenvalue weighted by atomic mass is 16.4. The van der Waals surface area contributed by atoms with Crippen LogP contribution < -0.4 is 5.32 Å². The molecule has 0 aliphatic carbocycles. The molecule has 1 atom stereocenters. The molecule has 7 nitrogen and oxygen atoms in total. The van der Waals surface area contributed by atoms with Crippen LogP contribution in [0.3, 0.4) is 0 Å². The Labute approximate surface area is 104 Å². The Morgan fingerprint density at radius 2 is 2.11 bits per heavy atom. The van der Waals surface area contributed by atoms with Crippen molar-refractivity contribution in [2.24, 2.45) is 0 Å². The Morgan fingerprint density at radius 3 is 2.61 bits per heavy atom. The summed E-state index contributed by atoms with van der Waals surface area (Å²) in [6, 6.07) is 0.216. The minimum absolute atomic E-state index is 0.282. The third-order valence-electron chi connectivity index (χ3n) is 2.36. The average Bonchev–Trinajstić information content (AvgIpc) is 2.35. The minimum atomic E-state index is -1.32. The molecule has 0 spiro atoms. The summed E-state index contributed by atoms with van der Waals surface area (Å²) in [5, 5.41) is 27.5. The van der Waals surface area contributed by atoms with Crippen LogP contribution in [0.25, 0.3) is 0 Å². The molecule has 0 aliphatic rings. The fourth-order valence-corrected chi connectivity index (χ4v) is 1.39. The summed E-state index contributed by atoms with van der Waals surface area (Å²) in [4.78, 5) is 22.6. The van der Waals surface area contributed by atoms with Gasteiger partial charge in [0.2, 0.25) is 0 Å². The molecular formula is C11H15N3O4. The molecule has 1 amide bonds. The SMILES string of the molecule is CCc1nnc(C)cc1C(=O)N[C@H](CO)C(=O)O. The maximum Gasteiger partial charge on any atom is 0.328 e. The number of aliphatic hydroxyl groups is 1. The molecule has 7 heteroatoms. The molecular weight excluding hydrogens is 238 g/mol. The number of aromatic nitrogens is 2. The van der Waals surface area contributed by atoms with E-state index < -0.39 is 24.5 Å². The van der Waals surface area contributed by atoms with Crippen LogP contribution in [0.15, 0.2) is 6.07 Å². The molecule has 0 radical (unpaired) electrons. The topological polar surface area (TPSA) is 112 Å². The molecule has 0 saturated carbocycles. The van der Waals surface area contributed by atoms with Crippen LogP contribution in [0.5, 0.6) is 0 Å². The number of aliphatic hydroxyl groups excluding tert-OH is 1. The summed E-state index contributed by atoms with van der Waals surface area (Å²) in [6.07, 6.45) is 0.507. The molecule has 0 aliphatic heterocycles.